The van der Waals surface area contributed by atoms with Gasteiger partial charge in [0.1, 0.15) is 0 Å². The van der Waals surface area contributed by atoms with Gasteiger partial charge in [0.15, 0.2) is 0 Å². The average Bonchev–Trinajstić information content (AvgIpc) is 3.35. The number of hydrogen-bond acceptors (Lipinski definition) is 2. The summed E-state index contributed by atoms with van der Waals surface area (Å²) in [5, 5.41) is 0. The summed E-state index contributed by atoms with van der Waals surface area (Å²) in [6.45, 7) is 9.11. The van der Waals surface area contributed by atoms with Crippen LogP contribution in [-0.4, -0.2) is 11.0 Å². The Morgan fingerprint density at radius 1 is 1.21 bits per heavy atom. The highest BCUT2D eigenvalue weighted by Crippen LogP contribution is 2.47. The first-order valence-corrected chi connectivity index (χ1v) is 9.98. The third-order valence-electron chi connectivity index (χ3n) is 6.01. The predicted molar refractivity (Wildman–Crippen MR) is 103 cm³/mol. The van der Waals surface area contributed by atoms with Crippen LogP contribution in [0.25, 0.3) is 5.57 Å². The third kappa shape index (κ3) is 3.74. The summed E-state index contributed by atoms with van der Waals surface area (Å²) in [4.78, 5) is 5.12. The van der Waals surface area contributed by atoms with Gasteiger partial charge in [-0.25, -0.2) is 0 Å². The largest absolute Gasteiger partial charge is 0.327 e. The Morgan fingerprint density at radius 3 is 2.58 bits per heavy atom. The van der Waals surface area contributed by atoms with Gasteiger partial charge in [0.25, 0.3) is 0 Å². The molecule has 0 bridgehead atoms. The molecule has 2 aliphatic rings. The van der Waals surface area contributed by atoms with Crippen molar-refractivity contribution >= 4 is 5.57 Å². The second-order valence-corrected chi connectivity index (χ2v) is 8.27. The zero-order chi connectivity index (χ0) is 17.3. The second-order valence-electron chi connectivity index (χ2n) is 8.27. The minimum Gasteiger partial charge on any atom is -0.327 e. The van der Waals surface area contributed by atoms with Crippen molar-refractivity contribution in [2.45, 2.75) is 84.6 Å². The zero-order valence-electron chi connectivity index (χ0n) is 15.9. The van der Waals surface area contributed by atoms with Crippen LogP contribution in [0, 0.1) is 11.8 Å². The maximum atomic E-state index is 6.22. The van der Waals surface area contributed by atoms with E-state index in [0.717, 1.165) is 12.8 Å². The summed E-state index contributed by atoms with van der Waals surface area (Å²) < 4.78 is 0. The van der Waals surface area contributed by atoms with E-state index in [-0.39, 0.29) is 6.04 Å². The summed E-state index contributed by atoms with van der Waals surface area (Å²) >= 11 is 0. The lowest BCUT2D eigenvalue weighted by Gasteiger charge is -2.18. The van der Waals surface area contributed by atoms with E-state index in [0.29, 0.717) is 17.8 Å². The van der Waals surface area contributed by atoms with E-state index in [1.807, 2.05) is 0 Å². The number of rotatable bonds is 7. The van der Waals surface area contributed by atoms with Crippen LogP contribution in [0.4, 0.5) is 0 Å². The van der Waals surface area contributed by atoms with Crippen molar-refractivity contribution in [2.75, 3.05) is 0 Å². The van der Waals surface area contributed by atoms with E-state index < -0.39 is 0 Å². The average molecular weight is 327 g/mol. The fraction of sp³-hybridized carbons (Fsp3) is 0.682. The molecule has 0 saturated heterocycles. The summed E-state index contributed by atoms with van der Waals surface area (Å²) in [6.07, 6.45) is 8.46. The lowest BCUT2D eigenvalue weighted by molar-refractivity contribution is 0.462. The highest BCUT2D eigenvalue weighted by Gasteiger charge is 2.32. The molecule has 2 heteroatoms. The maximum Gasteiger partial charge on any atom is 0.0512 e. The van der Waals surface area contributed by atoms with Crippen LogP contribution in [0.1, 0.15) is 89.1 Å². The van der Waals surface area contributed by atoms with Gasteiger partial charge < -0.3 is 5.73 Å². The predicted octanol–water partition coefficient (Wildman–Crippen LogP) is 5.47. The number of allylic oxidation sites excluding steroid dienone is 2. The Morgan fingerprint density at radius 2 is 1.96 bits per heavy atom. The molecule has 2 unspecified atom stereocenters. The van der Waals surface area contributed by atoms with E-state index in [4.69, 9.17) is 10.7 Å². The molecule has 3 rings (SSSR count). The Hall–Kier alpha value is -1.15. The molecule has 24 heavy (non-hydrogen) atoms. The van der Waals surface area contributed by atoms with Crippen LogP contribution in [0.2, 0.25) is 0 Å². The smallest absolute Gasteiger partial charge is 0.0512 e. The fourth-order valence-corrected chi connectivity index (χ4v) is 4.04. The topological polar surface area (TPSA) is 38.9 Å². The molecule has 0 aliphatic heterocycles. The zero-order valence-corrected chi connectivity index (χ0v) is 15.9. The third-order valence-corrected chi connectivity index (χ3v) is 6.01. The number of nitrogens with two attached hydrogens (primary N) is 1. The van der Waals surface area contributed by atoms with Crippen LogP contribution in [0.5, 0.6) is 0 Å². The van der Waals surface area contributed by atoms with Gasteiger partial charge in [-0.2, -0.15) is 0 Å². The molecule has 2 aliphatic carbocycles. The van der Waals surface area contributed by atoms with Crippen molar-refractivity contribution in [3.63, 3.8) is 0 Å². The van der Waals surface area contributed by atoms with Gasteiger partial charge >= 0.3 is 0 Å². The minimum absolute atomic E-state index is 0.278. The first-order chi connectivity index (χ1) is 11.5. The second kappa shape index (κ2) is 7.39. The van der Waals surface area contributed by atoms with Crippen molar-refractivity contribution < 1.29 is 0 Å². The van der Waals surface area contributed by atoms with Crippen LogP contribution in [0.15, 0.2) is 17.7 Å². The van der Waals surface area contributed by atoms with Gasteiger partial charge in [-0.05, 0) is 74.0 Å². The molecule has 0 radical (unpaired) electrons. The maximum absolute atomic E-state index is 6.22. The number of aromatic nitrogens is 1. The molecule has 2 atom stereocenters. The van der Waals surface area contributed by atoms with Crippen LogP contribution in [-0.2, 0) is 6.42 Å². The lowest BCUT2D eigenvalue weighted by atomic mass is 9.91. The minimum atomic E-state index is 0.278. The Balaban J connectivity index is 1.86. The molecular formula is C22H34N2. The molecule has 0 spiro atoms. The van der Waals surface area contributed by atoms with Crippen molar-refractivity contribution in [3.05, 3.63) is 34.7 Å². The molecule has 0 aromatic carbocycles. The summed E-state index contributed by atoms with van der Waals surface area (Å²) in [6, 6.07) is 4.92. The van der Waals surface area contributed by atoms with Crippen molar-refractivity contribution in [2.24, 2.45) is 17.6 Å². The molecule has 1 saturated carbocycles. The normalized spacial score (nSPS) is 22.5. The number of nitrogens with zero attached hydrogens (tertiary/aromatic N) is 1. The van der Waals surface area contributed by atoms with Gasteiger partial charge in [-0.1, -0.05) is 39.3 Å². The van der Waals surface area contributed by atoms with E-state index >= 15 is 0 Å². The summed E-state index contributed by atoms with van der Waals surface area (Å²) in [5.41, 5.74) is 13.6. The number of aryl methyl sites for hydroxylation is 1. The Bertz CT molecular complexity index is 610. The van der Waals surface area contributed by atoms with E-state index in [1.165, 1.54) is 49.1 Å². The monoisotopic (exact) mass is 326 g/mol. The quantitative estimate of drug-likeness (QED) is 0.721. The highest BCUT2D eigenvalue weighted by atomic mass is 14.7. The van der Waals surface area contributed by atoms with Gasteiger partial charge in [0, 0.05) is 17.7 Å². The molecule has 2 N–H and O–H groups in total. The molecule has 2 nitrogen and oxygen atoms in total. The standard InChI is InChI=1S/C22H34N2/c1-5-16-7-6-15(4)21(16)19-12-10-18(11-13-20(23)14(2)3)24-22(19)17-8-9-17/h10,12,14-15,17,20H,5-9,11,13,23H2,1-4H3. The van der Waals surface area contributed by atoms with Crippen molar-refractivity contribution in [1.29, 1.82) is 0 Å². The molecule has 0 amide bonds. The molecule has 132 valence electrons. The Kier molecular flexibility index (Phi) is 5.44. The van der Waals surface area contributed by atoms with Gasteiger partial charge in [-0.15, -0.1) is 0 Å². The number of hydrogen-bond donors (Lipinski definition) is 1. The highest BCUT2D eigenvalue weighted by molar-refractivity contribution is 5.74. The number of pyridine rings is 1. The lowest BCUT2D eigenvalue weighted by Crippen LogP contribution is -2.26. The molecule has 1 aromatic rings. The summed E-state index contributed by atoms with van der Waals surface area (Å²) in [7, 11) is 0. The molecule has 1 aromatic heterocycles. The van der Waals surface area contributed by atoms with Gasteiger partial charge in [0.05, 0.1) is 5.69 Å². The van der Waals surface area contributed by atoms with Crippen molar-refractivity contribution in [1.82, 2.24) is 4.98 Å². The van der Waals surface area contributed by atoms with E-state index in [1.54, 1.807) is 11.1 Å². The first-order valence-electron chi connectivity index (χ1n) is 9.98. The first kappa shape index (κ1) is 17.7. The fourth-order valence-electron chi connectivity index (χ4n) is 4.04. The van der Waals surface area contributed by atoms with E-state index in [2.05, 4.69) is 39.8 Å². The summed E-state index contributed by atoms with van der Waals surface area (Å²) in [5.74, 6) is 1.94. The molecule has 1 fully saturated rings. The Labute approximate surface area is 147 Å². The SMILES string of the molecule is CCC1=C(c2ccc(CCC(N)C(C)C)nc2C2CC2)C(C)CC1. The van der Waals surface area contributed by atoms with Crippen LogP contribution >= 0.6 is 0 Å². The van der Waals surface area contributed by atoms with Gasteiger partial charge in [-0.3, -0.25) is 4.98 Å². The van der Waals surface area contributed by atoms with Crippen LogP contribution < -0.4 is 5.73 Å². The van der Waals surface area contributed by atoms with Crippen molar-refractivity contribution in [3.8, 4) is 0 Å². The van der Waals surface area contributed by atoms with E-state index in [9.17, 15) is 0 Å². The van der Waals surface area contributed by atoms with Gasteiger partial charge in [0.2, 0.25) is 0 Å². The molecular weight excluding hydrogens is 292 g/mol. The van der Waals surface area contributed by atoms with Crippen LogP contribution in [0.3, 0.4) is 0 Å². The molecule has 1 heterocycles.